The summed E-state index contributed by atoms with van der Waals surface area (Å²) >= 11 is 0. The molecule has 0 aliphatic carbocycles. The van der Waals surface area contributed by atoms with Crippen LogP contribution in [0.15, 0.2) is 12.2 Å². The number of unbranched alkanes of at least 4 members (excludes halogenated alkanes) is 22. The Labute approximate surface area is 305 Å². The second kappa shape index (κ2) is 36.1. The van der Waals surface area contributed by atoms with Gasteiger partial charge in [-0.1, -0.05) is 148 Å². The summed E-state index contributed by atoms with van der Waals surface area (Å²) in [4.78, 5) is 34.4. The Morgan fingerprint density at radius 1 is 0.580 bits per heavy atom. The topological polar surface area (TPSA) is 149 Å². The summed E-state index contributed by atoms with van der Waals surface area (Å²) < 4.78 is 32.3. The molecular formula is C39H75O10P. The van der Waals surface area contributed by atoms with Gasteiger partial charge in [-0.3, -0.25) is 18.6 Å². The molecule has 0 spiro atoms. The highest BCUT2D eigenvalue weighted by atomic mass is 31.2. The predicted molar refractivity (Wildman–Crippen MR) is 201 cm³/mol. The Morgan fingerprint density at radius 3 is 1.46 bits per heavy atom. The largest absolute Gasteiger partial charge is 0.472 e. The van der Waals surface area contributed by atoms with Crippen LogP contribution in [0.2, 0.25) is 0 Å². The van der Waals surface area contributed by atoms with E-state index in [1.807, 2.05) is 0 Å². The number of carbonyl (C=O) groups is 2. The molecule has 0 bridgehead atoms. The van der Waals surface area contributed by atoms with Gasteiger partial charge in [0.1, 0.15) is 12.7 Å². The maximum absolute atomic E-state index is 12.5. The highest BCUT2D eigenvalue weighted by Crippen LogP contribution is 2.43. The lowest BCUT2D eigenvalue weighted by molar-refractivity contribution is -0.161. The van der Waals surface area contributed by atoms with E-state index in [4.69, 9.17) is 19.1 Å². The molecule has 0 saturated heterocycles. The van der Waals surface area contributed by atoms with E-state index in [-0.39, 0.29) is 19.4 Å². The Hall–Kier alpha value is -1.29. The summed E-state index contributed by atoms with van der Waals surface area (Å²) in [7, 11) is -4.60. The van der Waals surface area contributed by atoms with Crippen molar-refractivity contribution < 1.29 is 47.8 Å². The number of esters is 2. The standard InChI is InChI=1S/C39H75O10P/c1-3-5-7-9-10-11-12-13-14-15-16-17-18-19-20-21-22-23-24-25-26-27-29-31-39(43)49-37(34-46-38(42)30-28-8-6-4-2)35-48-50(44,45)47-33-36(41)32-40/h15-16,36-37,40-41H,3-14,17-35H2,1-2H3,(H,44,45)/b16-15-. The van der Waals surface area contributed by atoms with Crippen LogP contribution >= 0.6 is 7.82 Å². The molecule has 3 atom stereocenters. The van der Waals surface area contributed by atoms with Gasteiger partial charge in [-0.05, 0) is 38.5 Å². The molecule has 0 radical (unpaired) electrons. The molecule has 10 nitrogen and oxygen atoms in total. The second-order valence-corrected chi connectivity index (χ2v) is 15.1. The zero-order chi connectivity index (χ0) is 37.0. The first kappa shape index (κ1) is 48.7. The van der Waals surface area contributed by atoms with Crippen molar-refractivity contribution in [2.24, 2.45) is 0 Å². The molecule has 0 aliphatic rings. The van der Waals surface area contributed by atoms with Crippen molar-refractivity contribution in [2.45, 2.75) is 199 Å². The molecule has 0 saturated carbocycles. The van der Waals surface area contributed by atoms with E-state index in [1.54, 1.807) is 0 Å². The molecule has 0 fully saturated rings. The summed E-state index contributed by atoms with van der Waals surface area (Å²) in [6.07, 6.45) is 32.6. The van der Waals surface area contributed by atoms with E-state index < -0.39 is 51.8 Å². The molecule has 3 N–H and O–H groups in total. The van der Waals surface area contributed by atoms with Crippen molar-refractivity contribution in [3.05, 3.63) is 12.2 Å². The molecule has 0 rings (SSSR count). The van der Waals surface area contributed by atoms with Crippen LogP contribution in [0.25, 0.3) is 0 Å². The SMILES string of the molecule is CCCCCCCCCC/C=C\CCCCCCCCCCCCCC(=O)OC(COC(=O)CCCCCC)COP(=O)(O)OCC(O)CO. The molecule has 0 aliphatic heterocycles. The van der Waals surface area contributed by atoms with Crippen LogP contribution in [0, 0.1) is 0 Å². The van der Waals surface area contributed by atoms with E-state index in [1.165, 1.54) is 109 Å². The van der Waals surface area contributed by atoms with Gasteiger partial charge in [-0.2, -0.15) is 0 Å². The summed E-state index contributed by atoms with van der Waals surface area (Å²) in [5.41, 5.74) is 0. The quantitative estimate of drug-likeness (QED) is 0.0242. The molecule has 0 aromatic heterocycles. The minimum absolute atomic E-state index is 0.186. The highest BCUT2D eigenvalue weighted by Gasteiger charge is 2.27. The average Bonchev–Trinajstić information content (AvgIpc) is 3.10. The Bertz CT molecular complexity index is 853. The zero-order valence-electron chi connectivity index (χ0n) is 31.9. The third-order valence-electron chi connectivity index (χ3n) is 8.67. The summed E-state index contributed by atoms with van der Waals surface area (Å²) in [6.45, 7) is 2.24. The lowest BCUT2D eigenvalue weighted by Crippen LogP contribution is -2.29. The number of rotatable bonds is 38. The van der Waals surface area contributed by atoms with Crippen molar-refractivity contribution in [2.75, 3.05) is 26.4 Å². The molecule has 50 heavy (non-hydrogen) atoms. The van der Waals surface area contributed by atoms with Gasteiger partial charge in [-0.15, -0.1) is 0 Å². The number of aliphatic hydroxyl groups is 2. The van der Waals surface area contributed by atoms with Crippen molar-refractivity contribution in [3.8, 4) is 0 Å². The van der Waals surface area contributed by atoms with Crippen molar-refractivity contribution in [1.29, 1.82) is 0 Å². The summed E-state index contributed by atoms with van der Waals surface area (Å²) in [5.74, 6) is -0.940. The number of hydrogen-bond donors (Lipinski definition) is 3. The molecule has 0 amide bonds. The monoisotopic (exact) mass is 735 g/mol. The van der Waals surface area contributed by atoms with Crippen LogP contribution in [0.4, 0.5) is 0 Å². The lowest BCUT2D eigenvalue weighted by Gasteiger charge is -2.20. The van der Waals surface area contributed by atoms with Gasteiger partial charge in [-0.25, -0.2) is 4.57 Å². The maximum atomic E-state index is 12.5. The van der Waals surface area contributed by atoms with Gasteiger partial charge >= 0.3 is 19.8 Å². The minimum atomic E-state index is -4.60. The number of phosphoric ester groups is 1. The van der Waals surface area contributed by atoms with E-state index in [2.05, 4.69) is 30.5 Å². The number of ether oxygens (including phenoxy) is 2. The van der Waals surface area contributed by atoms with Crippen LogP contribution in [0.5, 0.6) is 0 Å². The van der Waals surface area contributed by atoms with E-state index in [9.17, 15) is 24.2 Å². The van der Waals surface area contributed by atoms with Gasteiger partial charge < -0.3 is 24.6 Å². The van der Waals surface area contributed by atoms with Crippen LogP contribution < -0.4 is 0 Å². The van der Waals surface area contributed by atoms with E-state index >= 15 is 0 Å². The normalized spacial score (nSPS) is 14.1. The van der Waals surface area contributed by atoms with Gasteiger partial charge in [0.05, 0.1) is 19.8 Å². The van der Waals surface area contributed by atoms with Crippen LogP contribution in [-0.2, 0) is 32.7 Å². The fourth-order valence-electron chi connectivity index (χ4n) is 5.52. The number of phosphoric acid groups is 1. The molecule has 296 valence electrons. The first-order valence-electron chi connectivity index (χ1n) is 20.1. The van der Waals surface area contributed by atoms with Crippen molar-refractivity contribution in [3.63, 3.8) is 0 Å². The average molecular weight is 735 g/mol. The smallest absolute Gasteiger partial charge is 0.462 e. The second-order valence-electron chi connectivity index (χ2n) is 13.7. The summed E-state index contributed by atoms with van der Waals surface area (Å²) in [5, 5.41) is 18.2. The molecule has 0 heterocycles. The zero-order valence-corrected chi connectivity index (χ0v) is 32.8. The van der Waals surface area contributed by atoms with Gasteiger partial charge in [0.15, 0.2) is 6.10 Å². The number of hydrogen-bond acceptors (Lipinski definition) is 9. The maximum Gasteiger partial charge on any atom is 0.472 e. The third kappa shape index (κ3) is 35.1. The van der Waals surface area contributed by atoms with Crippen LogP contribution in [-0.4, -0.2) is 65.7 Å². The minimum Gasteiger partial charge on any atom is -0.462 e. The molecule has 0 aromatic carbocycles. The number of aliphatic hydroxyl groups excluding tert-OH is 2. The Balaban J connectivity index is 4.00. The van der Waals surface area contributed by atoms with Crippen LogP contribution in [0.1, 0.15) is 187 Å². The van der Waals surface area contributed by atoms with Gasteiger partial charge in [0.25, 0.3) is 0 Å². The van der Waals surface area contributed by atoms with Crippen molar-refractivity contribution >= 4 is 19.8 Å². The van der Waals surface area contributed by atoms with Gasteiger partial charge in [0, 0.05) is 12.8 Å². The molecular weight excluding hydrogens is 659 g/mol. The van der Waals surface area contributed by atoms with Crippen LogP contribution in [0.3, 0.4) is 0 Å². The lowest BCUT2D eigenvalue weighted by atomic mass is 10.0. The first-order chi connectivity index (χ1) is 24.2. The molecule has 0 aromatic rings. The molecule has 3 unspecified atom stereocenters. The Kier molecular flexibility index (Phi) is 35.2. The summed E-state index contributed by atoms with van der Waals surface area (Å²) in [6, 6.07) is 0. The fourth-order valence-corrected chi connectivity index (χ4v) is 6.31. The predicted octanol–water partition coefficient (Wildman–Crippen LogP) is 10.1. The first-order valence-corrected chi connectivity index (χ1v) is 21.6. The third-order valence-corrected chi connectivity index (χ3v) is 9.62. The van der Waals surface area contributed by atoms with Gasteiger partial charge in [0.2, 0.25) is 0 Å². The van der Waals surface area contributed by atoms with E-state index in [0.29, 0.717) is 12.8 Å². The number of carbonyl (C=O) groups excluding carboxylic acids is 2. The van der Waals surface area contributed by atoms with Crippen molar-refractivity contribution in [1.82, 2.24) is 0 Å². The highest BCUT2D eigenvalue weighted by molar-refractivity contribution is 7.47. The van der Waals surface area contributed by atoms with E-state index in [0.717, 1.165) is 38.5 Å². The fraction of sp³-hybridized carbons (Fsp3) is 0.897. The molecule has 11 heteroatoms. The Morgan fingerprint density at radius 2 is 0.980 bits per heavy atom. The number of allylic oxidation sites excluding steroid dienone is 2.